The van der Waals surface area contributed by atoms with E-state index in [1.165, 1.54) is 10.5 Å². The van der Waals surface area contributed by atoms with Gasteiger partial charge in [0, 0.05) is 38.8 Å². The third-order valence-electron chi connectivity index (χ3n) is 6.05. The Morgan fingerprint density at radius 2 is 1.52 bits per heavy atom. The maximum atomic E-state index is 12.7. The van der Waals surface area contributed by atoms with Crippen molar-refractivity contribution in [3.63, 3.8) is 0 Å². The van der Waals surface area contributed by atoms with E-state index in [4.69, 9.17) is 0 Å². The second kappa shape index (κ2) is 8.88. The molecule has 0 radical (unpaired) electrons. The molecule has 0 atom stereocenters. The number of hydrogen-bond donors (Lipinski definition) is 0. The number of rotatable bonds is 6. The van der Waals surface area contributed by atoms with Crippen molar-refractivity contribution in [2.24, 2.45) is 0 Å². The number of amides is 4. The highest BCUT2D eigenvalue weighted by molar-refractivity contribution is 6.44. The largest absolute Gasteiger partial charge is 0.335 e. The van der Waals surface area contributed by atoms with Crippen molar-refractivity contribution in [3.8, 4) is 0 Å². The number of urea groups is 1. The fraction of sp³-hybridized carbons (Fsp3) is 0.500. The summed E-state index contributed by atoms with van der Waals surface area (Å²) in [7, 11) is 0. The van der Waals surface area contributed by atoms with Gasteiger partial charge in [0.05, 0.1) is 6.67 Å². The molecule has 1 aromatic rings. The van der Waals surface area contributed by atoms with Crippen molar-refractivity contribution in [2.45, 2.75) is 31.7 Å². The van der Waals surface area contributed by atoms with Gasteiger partial charge in [0.1, 0.15) is 0 Å². The van der Waals surface area contributed by atoms with Gasteiger partial charge in [-0.2, -0.15) is 0 Å². The summed E-state index contributed by atoms with van der Waals surface area (Å²) in [5.41, 5.74) is 1.19. The van der Waals surface area contributed by atoms with E-state index in [0.29, 0.717) is 0 Å². The smallest absolute Gasteiger partial charge is 0.297 e. The van der Waals surface area contributed by atoms with Crippen LogP contribution in [-0.4, -0.2) is 82.9 Å². The number of hydrogen-bond acceptors (Lipinski definition) is 5. The van der Waals surface area contributed by atoms with Crippen molar-refractivity contribution in [3.05, 3.63) is 42.0 Å². The SMILES string of the molecule is O=C1C(=O)N(C2CCCC2)C(=O)N1CN1CCN(CC=Cc2ccccc2)CC1. The lowest BCUT2D eigenvalue weighted by molar-refractivity contribution is -0.144. The summed E-state index contributed by atoms with van der Waals surface area (Å²) in [5, 5.41) is 0. The fourth-order valence-electron chi connectivity index (χ4n) is 4.35. The van der Waals surface area contributed by atoms with E-state index in [2.05, 4.69) is 34.1 Å². The van der Waals surface area contributed by atoms with Crippen LogP contribution in [-0.2, 0) is 9.59 Å². The summed E-state index contributed by atoms with van der Waals surface area (Å²) in [4.78, 5) is 44.1. The van der Waals surface area contributed by atoms with E-state index in [1.807, 2.05) is 18.2 Å². The normalized spacial score (nSPS) is 22.6. The molecule has 29 heavy (non-hydrogen) atoms. The minimum atomic E-state index is -0.671. The van der Waals surface area contributed by atoms with E-state index in [-0.39, 0.29) is 12.7 Å². The number of carbonyl (C=O) groups excluding carboxylic acids is 3. The third kappa shape index (κ3) is 4.41. The van der Waals surface area contributed by atoms with Gasteiger partial charge < -0.3 is 0 Å². The van der Waals surface area contributed by atoms with Gasteiger partial charge in [0.25, 0.3) is 0 Å². The number of imide groups is 2. The first kappa shape index (κ1) is 19.8. The lowest BCUT2D eigenvalue weighted by Crippen LogP contribution is -2.51. The monoisotopic (exact) mass is 396 g/mol. The molecule has 4 amide bonds. The molecule has 7 nitrogen and oxygen atoms in total. The number of piperazine rings is 1. The van der Waals surface area contributed by atoms with Crippen LogP contribution in [0.4, 0.5) is 4.79 Å². The Hall–Kier alpha value is -2.51. The Morgan fingerprint density at radius 3 is 2.21 bits per heavy atom. The molecule has 3 fully saturated rings. The molecule has 7 heteroatoms. The summed E-state index contributed by atoms with van der Waals surface area (Å²) in [6.45, 7) is 4.37. The molecule has 0 N–H and O–H groups in total. The predicted molar refractivity (Wildman–Crippen MR) is 110 cm³/mol. The molecular weight excluding hydrogens is 368 g/mol. The van der Waals surface area contributed by atoms with E-state index in [1.54, 1.807) is 0 Å². The van der Waals surface area contributed by atoms with Gasteiger partial charge in [-0.1, -0.05) is 55.3 Å². The molecule has 4 rings (SSSR count). The molecule has 2 heterocycles. The highest BCUT2D eigenvalue weighted by Gasteiger charge is 2.48. The molecule has 3 aliphatic rings. The third-order valence-corrected chi connectivity index (χ3v) is 6.05. The van der Waals surface area contributed by atoms with Crippen molar-refractivity contribution >= 4 is 23.9 Å². The van der Waals surface area contributed by atoms with Crippen molar-refractivity contribution in [1.29, 1.82) is 0 Å². The lowest BCUT2D eigenvalue weighted by atomic mass is 10.2. The second-order valence-electron chi connectivity index (χ2n) is 8.00. The molecular formula is C22H28N4O3. The molecule has 0 aromatic heterocycles. The molecule has 0 spiro atoms. The van der Waals surface area contributed by atoms with Crippen LogP contribution in [0.25, 0.3) is 6.08 Å². The Balaban J connectivity index is 1.26. The van der Waals surface area contributed by atoms with Gasteiger partial charge in [-0.05, 0) is 18.4 Å². The fourth-order valence-corrected chi connectivity index (χ4v) is 4.35. The van der Waals surface area contributed by atoms with E-state index in [9.17, 15) is 14.4 Å². The average Bonchev–Trinajstić information content (AvgIpc) is 3.33. The standard InChI is InChI=1S/C22H28N4O3/c27-20-21(28)26(19-10-4-5-11-19)22(29)25(20)17-24-15-13-23(14-16-24)12-6-9-18-7-2-1-3-8-18/h1-3,6-9,19H,4-5,10-17H2. The van der Waals surface area contributed by atoms with Gasteiger partial charge in [0.15, 0.2) is 0 Å². The summed E-state index contributed by atoms with van der Waals surface area (Å²) < 4.78 is 0. The van der Waals surface area contributed by atoms with Crippen LogP contribution in [0.5, 0.6) is 0 Å². The van der Waals surface area contributed by atoms with Crippen LogP contribution in [0.15, 0.2) is 36.4 Å². The Kier molecular flexibility index (Phi) is 6.06. The first-order valence-corrected chi connectivity index (χ1v) is 10.5. The molecule has 2 aliphatic heterocycles. The average molecular weight is 396 g/mol. The number of carbonyl (C=O) groups is 3. The van der Waals surface area contributed by atoms with Crippen LogP contribution in [0, 0.1) is 0 Å². The first-order chi connectivity index (χ1) is 14.1. The zero-order chi connectivity index (χ0) is 20.2. The van der Waals surface area contributed by atoms with Gasteiger partial charge in [-0.3, -0.25) is 24.3 Å². The summed E-state index contributed by atoms with van der Waals surface area (Å²) in [6, 6.07) is 9.68. The van der Waals surface area contributed by atoms with Gasteiger partial charge in [-0.25, -0.2) is 9.69 Å². The van der Waals surface area contributed by atoms with Gasteiger partial charge >= 0.3 is 17.8 Å². The summed E-state index contributed by atoms with van der Waals surface area (Å²) in [5.74, 6) is -1.32. The zero-order valence-corrected chi connectivity index (χ0v) is 16.7. The molecule has 1 aliphatic carbocycles. The molecule has 0 bridgehead atoms. The van der Waals surface area contributed by atoms with E-state index < -0.39 is 17.8 Å². The van der Waals surface area contributed by atoms with Crippen LogP contribution in [0.1, 0.15) is 31.2 Å². The van der Waals surface area contributed by atoms with E-state index >= 15 is 0 Å². The highest BCUT2D eigenvalue weighted by Crippen LogP contribution is 2.27. The minimum absolute atomic E-state index is 0.0998. The quantitative estimate of drug-likeness (QED) is 0.544. The summed E-state index contributed by atoms with van der Waals surface area (Å²) in [6.07, 6.45) is 7.93. The second-order valence-corrected chi connectivity index (χ2v) is 8.00. The summed E-state index contributed by atoms with van der Waals surface area (Å²) >= 11 is 0. The molecule has 2 saturated heterocycles. The number of nitrogens with zero attached hydrogens (tertiary/aromatic N) is 4. The highest BCUT2D eigenvalue weighted by atomic mass is 16.2. The predicted octanol–water partition coefficient (Wildman–Crippen LogP) is 2.01. The topological polar surface area (TPSA) is 64.2 Å². The zero-order valence-electron chi connectivity index (χ0n) is 16.7. The van der Waals surface area contributed by atoms with Crippen LogP contribution in [0.2, 0.25) is 0 Å². The Bertz CT molecular complexity index is 781. The molecule has 154 valence electrons. The van der Waals surface area contributed by atoms with Gasteiger partial charge in [0.2, 0.25) is 0 Å². The lowest BCUT2D eigenvalue weighted by Gasteiger charge is -2.35. The Morgan fingerprint density at radius 1 is 0.862 bits per heavy atom. The minimum Gasteiger partial charge on any atom is -0.297 e. The molecule has 1 saturated carbocycles. The maximum absolute atomic E-state index is 12.7. The van der Waals surface area contributed by atoms with Crippen LogP contribution in [0.3, 0.4) is 0 Å². The first-order valence-electron chi connectivity index (χ1n) is 10.5. The van der Waals surface area contributed by atoms with Gasteiger partial charge in [-0.15, -0.1) is 0 Å². The van der Waals surface area contributed by atoms with Crippen molar-refractivity contribution in [2.75, 3.05) is 39.4 Å². The van der Waals surface area contributed by atoms with Crippen molar-refractivity contribution < 1.29 is 14.4 Å². The number of benzene rings is 1. The molecule has 1 aromatic carbocycles. The van der Waals surface area contributed by atoms with Crippen LogP contribution < -0.4 is 0 Å². The maximum Gasteiger partial charge on any atom is 0.335 e. The van der Waals surface area contributed by atoms with Crippen molar-refractivity contribution in [1.82, 2.24) is 19.6 Å². The molecule has 0 unspecified atom stereocenters. The van der Waals surface area contributed by atoms with E-state index in [0.717, 1.165) is 63.3 Å². The van der Waals surface area contributed by atoms with Crippen LogP contribution >= 0.6 is 0 Å². The Labute approximate surface area is 171 Å².